The van der Waals surface area contributed by atoms with Gasteiger partial charge in [-0.1, -0.05) is 32.0 Å². The first kappa shape index (κ1) is 40.5. The predicted molar refractivity (Wildman–Crippen MR) is 196 cm³/mol. The number of nitrogens with zero attached hydrogens (tertiary/aromatic N) is 4. The average molecular weight is 737 g/mol. The lowest BCUT2D eigenvalue weighted by molar-refractivity contribution is -0.134. The summed E-state index contributed by atoms with van der Waals surface area (Å²) >= 11 is 0. The van der Waals surface area contributed by atoms with Crippen molar-refractivity contribution in [2.24, 2.45) is 5.92 Å². The smallest absolute Gasteiger partial charge is 0.257 e. The molecule has 5 rings (SSSR count). The molecule has 5 amide bonds. The van der Waals surface area contributed by atoms with E-state index < -0.39 is 30.0 Å². The van der Waals surface area contributed by atoms with E-state index in [0.717, 1.165) is 5.56 Å². The number of carbonyl (C=O) groups excluding carboxylic acids is 5. The lowest BCUT2D eigenvalue weighted by Crippen LogP contribution is -2.57. The number of nitrogens with one attached hydrogen (secondary N) is 4. The molecule has 0 spiro atoms. The zero-order valence-electron chi connectivity index (χ0n) is 30.9. The Bertz CT molecular complexity index is 1680. The molecule has 0 saturated heterocycles. The van der Waals surface area contributed by atoms with Gasteiger partial charge in [0, 0.05) is 32.6 Å². The number of rotatable bonds is 6. The molecule has 2 bridgehead atoms. The fourth-order valence-electron chi connectivity index (χ4n) is 5.87. The molecular formula is C37H52N8O8. The van der Waals surface area contributed by atoms with E-state index in [-0.39, 0.29) is 49.8 Å². The summed E-state index contributed by atoms with van der Waals surface area (Å²) in [5.74, 6) is -1.24. The van der Waals surface area contributed by atoms with Gasteiger partial charge in [0.2, 0.25) is 23.6 Å². The molecule has 16 heteroatoms. The number of fused-ring (bicyclic) bond motifs is 24. The predicted octanol–water partition coefficient (Wildman–Crippen LogP) is 1.09. The Balaban J connectivity index is 1.48. The van der Waals surface area contributed by atoms with E-state index in [1.807, 2.05) is 38.1 Å². The minimum absolute atomic E-state index is 0.0472. The lowest BCUT2D eigenvalue weighted by Gasteiger charge is -2.26. The summed E-state index contributed by atoms with van der Waals surface area (Å²) in [7, 11) is 1.48. The average Bonchev–Trinajstić information content (AvgIpc) is 3.54. The maximum absolute atomic E-state index is 13.4. The topological polar surface area (TPSA) is 206 Å². The maximum Gasteiger partial charge on any atom is 0.257 e. The van der Waals surface area contributed by atoms with Gasteiger partial charge in [0.05, 0.1) is 13.2 Å². The van der Waals surface area contributed by atoms with Gasteiger partial charge >= 0.3 is 0 Å². The summed E-state index contributed by atoms with van der Waals surface area (Å²) in [5, 5.41) is 30.2. The van der Waals surface area contributed by atoms with E-state index in [1.165, 1.54) is 18.8 Å². The highest BCUT2D eigenvalue weighted by Gasteiger charge is 2.30. The molecule has 3 aromatic rings. The van der Waals surface area contributed by atoms with Gasteiger partial charge in [-0.3, -0.25) is 24.0 Å². The third-order valence-electron chi connectivity index (χ3n) is 8.69. The quantitative estimate of drug-likeness (QED) is 0.228. The number of hydrogen-bond donors (Lipinski definition) is 5. The van der Waals surface area contributed by atoms with Crippen LogP contribution in [0.1, 0.15) is 58.4 Å². The molecule has 3 heterocycles. The van der Waals surface area contributed by atoms with Crippen LogP contribution < -0.4 is 30.7 Å². The van der Waals surface area contributed by atoms with Crippen molar-refractivity contribution in [1.82, 2.24) is 41.2 Å². The summed E-state index contributed by atoms with van der Waals surface area (Å²) in [6, 6.07) is 10.3. The third kappa shape index (κ3) is 12.7. The largest absolute Gasteiger partial charge is 0.493 e. The molecule has 2 aliphatic rings. The van der Waals surface area contributed by atoms with Gasteiger partial charge in [0.25, 0.3) is 5.91 Å². The zero-order chi connectivity index (χ0) is 38.3. The highest BCUT2D eigenvalue weighted by atomic mass is 16.5. The SMILES string of the molecule is COc1cc2ccc1OCC(=O)NCCCN(C(=O)Cn1nc3ccccc3n1)CCCCNC(=O)[C@H]([C@@H](C)O)NC(=O)[C@@H](CC(C)C)NC(=O)CC2. The fourth-order valence-corrected chi connectivity index (χ4v) is 5.87. The van der Waals surface area contributed by atoms with Gasteiger partial charge in [-0.05, 0) is 74.8 Å². The highest BCUT2D eigenvalue weighted by molar-refractivity contribution is 5.92. The minimum atomic E-state index is -1.24. The first-order chi connectivity index (χ1) is 25.4. The van der Waals surface area contributed by atoms with Gasteiger partial charge in [-0.2, -0.15) is 15.0 Å². The van der Waals surface area contributed by atoms with Gasteiger partial charge in [-0.25, -0.2) is 0 Å². The number of methoxy groups -OCH3 is 1. The van der Waals surface area contributed by atoms with Crippen LogP contribution in [-0.2, 0) is 36.9 Å². The van der Waals surface area contributed by atoms with Gasteiger partial charge in [-0.15, -0.1) is 0 Å². The Morgan fingerprint density at radius 3 is 2.28 bits per heavy atom. The molecule has 0 saturated carbocycles. The second-order valence-electron chi connectivity index (χ2n) is 13.6. The third-order valence-corrected chi connectivity index (χ3v) is 8.69. The monoisotopic (exact) mass is 736 g/mol. The van der Waals surface area contributed by atoms with Crippen LogP contribution in [0.4, 0.5) is 0 Å². The number of aromatic nitrogens is 3. The van der Waals surface area contributed by atoms with Crippen molar-refractivity contribution in [3.05, 3.63) is 48.0 Å². The molecule has 0 aliphatic carbocycles. The Labute approximate surface area is 309 Å². The van der Waals surface area contributed by atoms with Crippen LogP contribution >= 0.6 is 0 Å². The van der Waals surface area contributed by atoms with Crippen LogP contribution in [0.15, 0.2) is 42.5 Å². The van der Waals surface area contributed by atoms with Gasteiger partial charge in [0.15, 0.2) is 18.1 Å². The first-order valence-corrected chi connectivity index (χ1v) is 18.1. The van der Waals surface area contributed by atoms with Crippen molar-refractivity contribution >= 4 is 40.6 Å². The summed E-state index contributed by atoms with van der Waals surface area (Å²) in [6.07, 6.45) is 1.05. The van der Waals surface area contributed by atoms with Crippen LogP contribution in [-0.4, -0.2) is 113 Å². The minimum Gasteiger partial charge on any atom is -0.493 e. The molecule has 0 fully saturated rings. The number of ether oxygens (including phenoxy) is 2. The molecule has 2 aliphatic heterocycles. The van der Waals surface area contributed by atoms with Crippen molar-refractivity contribution in [2.75, 3.05) is 39.9 Å². The molecule has 3 atom stereocenters. The summed E-state index contributed by atoms with van der Waals surface area (Å²) in [6.45, 7) is 6.18. The Hall–Kier alpha value is -5.25. The van der Waals surface area contributed by atoms with Gasteiger partial charge < -0.3 is 40.7 Å². The lowest BCUT2D eigenvalue weighted by atomic mass is 10.0. The van der Waals surface area contributed by atoms with Crippen molar-refractivity contribution in [3.8, 4) is 11.5 Å². The molecular weight excluding hydrogens is 684 g/mol. The second kappa shape index (κ2) is 20.1. The normalized spacial score (nSPS) is 19.8. The number of benzene rings is 2. The van der Waals surface area contributed by atoms with Crippen molar-refractivity contribution in [2.45, 2.75) is 84.0 Å². The van der Waals surface area contributed by atoms with Crippen LogP contribution in [0.25, 0.3) is 11.0 Å². The van der Waals surface area contributed by atoms with Crippen LogP contribution in [0, 0.1) is 5.92 Å². The van der Waals surface area contributed by atoms with E-state index in [4.69, 9.17) is 9.47 Å². The van der Waals surface area contributed by atoms with Crippen molar-refractivity contribution in [1.29, 1.82) is 0 Å². The van der Waals surface area contributed by atoms with Gasteiger partial charge in [0.1, 0.15) is 29.7 Å². The number of aryl methyl sites for hydroxylation is 1. The van der Waals surface area contributed by atoms with E-state index in [9.17, 15) is 29.1 Å². The summed E-state index contributed by atoms with van der Waals surface area (Å²) in [5.41, 5.74) is 2.13. The molecule has 2 aromatic carbocycles. The number of amides is 5. The van der Waals surface area contributed by atoms with E-state index >= 15 is 0 Å². The summed E-state index contributed by atoms with van der Waals surface area (Å²) < 4.78 is 11.2. The zero-order valence-corrected chi connectivity index (χ0v) is 30.9. The maximum atomic E-state index is 13.4. The standard InChI is InChI=1S/C37H52N8O8/c1-24(2)20-29-36(50)41-35(25(3)46)37(51)39-16-7-8-18-44(34(49)22-45-42-27-10-5-6-11-28(27)43-45)19-9-17-38-33(48)23-53-30-14-12-26(21-31(30)52-4)13-15-32(47)40-29/h5-6,10-12,14,21,24-25,29,35,46H,7-9,13,15-20,22-23H2,1-4H3,(H,38,48)(H,39,51)(H,40,47)(H,41,50)/t25-,29-,35+/m1/s1. The highest BCUT2D eigenvalue weighted by Crippen LogP contribution is 2.28. The first-order valence-electron chi connectivity index (χ1n) is 18.1. The second-order valence-corrected chi connectivity index (χ2v) is 13.6. The fraction of sp³-hybridized carbons (Fsp3) is 0.541. The number of hydrogen-bond acceptors (Lipinski definition) is 10. The Morgan fingerprint density at radius 1 is 0.906 bits per heavy atom. The van der Waals surface area contributed by atoms with E-state index in [0.29, 0.717) is 74.3 Å². The van der Waals surface area contributed by atoms with Crippen molar-refractivity contribution < 1.29 is 38.6 Å². The van der Waals surface area contributed by atoms with E-state index in [1.54, 1.807) is 23.1 Å². The molecule has 16 nitrogen and oxygen atoms in total. The van der Waals surface area contributed by atoms with Crippen LogP contribution in [0.5, 0.6) is 11.5 Å². The molecule has 1 aromatic heterocycles. The molecule has 53 heavy (non-hydrogen) atoms. The Kier molecular flexibility index (Phi) is 15.4. The number of aliphatic hydroxyl groups is 1. The number of carbonyl (C=O) groups is 5. The molecule has 0 unspecified atom stereocenters. The molecule has 288 valence electrons. The molecule has 0 radical (unpaired) electrons. The van der Waals surface area contributed by atoms with Crippen LogP contribution in [0.2, 0.25) is 0 Å². The van der Waals surface area contributed by atoms with Crippen molar-refractivity contribution in [3.63, 3.8) is 0 Å². The number of aliphatic hydroxyl groups excluding tert-OH is 1. The Morgan fingerprint density at radius 2 is 1.60 bits per heavy atom. The molecule has 5 N–H and O–H groups in total. The summed E-state index contributed by atoms with van der Waals surface area (Å²) in [4.78, 5) is 68.6. The van der Waals surface area contributed by atoms with Crippen LogP contribution in [0.3, 0.4) is 0 Å². The van der Waals surface area contributed by atoms with E-state index in [2.05, 4.69) is 31.5 Å².